The Morgan fingerprint density at radius 1 is 1.39 bits per heavy atom. The number of amides is 2. The summed E-state index contributed by atoms with van der Waals surface area (Å²) in [4.78, 5) is 28.1. The minimum atomic E-state index is -0.170. The summed E-state index contributed by atoms with van der Waals surface area (Å²) in [5.41, 5.74) is 0. The zero-order valence-corrected chi connectivity index (χ0v) is 12.0. The smallest absolute Gasteiger partial charge is 0.246 e. The zero-order chi connectivity index (χ0) is 13.1. The fraction of sp³-hybridized carbons (Fsp3) is 0.846. The van der Waals surface area contributed by atoms with Crippen LogP contribution in [-0.4, -0.2) is 58.8 Å². The highest BCUT2D eigenvalue weighted by Crippen LogP contribution is 2.25. The standard InChI is InChI=1S/C13H22N2O2S/c1-10(6-8-18-2)15-9-12(16)14-7-4-3-5-11(14)13(15)17/h10-11H,3-9H2,1-2H3. The molecule has 0 aliphatic carbocycles. The number of fused-ring (bicyclic) bond motifs is 1. The molecule has 2 amide bonds. The maximum absolute atomic E-state index is 12.4. The van der Waals surface area contributed by atoms with Gasteiger partial charge in [0.05, 0.1) is 0 Å². The summed E-state index contributed by atoms with van der Waals surface area (Å²) in [5.74, 6) is 1.34. The maximum Gasteiger partial charge on any atom is 0.246 e. The highest BCUT2D eigenvalue weighted by Gasteiger charge is 2.41. The minimum absolute atomic E-state index is 0.135. The van der Waals surface area contributed by atoms with Crippen molar-refractivity contribution in [3.8, 4) is 0 Å². The van der Waals surface area contributed by atoms with Crippen molar-refractivity contribution in [2.45, 2.75) is 44.7 Å². The predicted octanol–water partition coefficient (Wildman–Crippen LogP) is 1.35. The molecule has 0 aromatic rings. The summed E-state index contributed by atoms with van der Waals surface area (Å²) < 4.78 is 0. The number of rotatable bonds is 4. The van der Waals surface area contributed by atoms with E-state index in [1.54, 1.807) is 21.6 Å². The van der Waals surface area contributed by atoms with Crippen LogP contribution in [0.2, 0.25) is 0 Å². The van der Waals surface area contributed by atoms with E-state index in [-0.39, 0.29) is 30.4 Å². The van der Waals surface area contributed by atoms with Crippen LogP contribution in [0.5, 0.6) is 0 Å². The van der Waals surface area contributed by atoms with Gasteiger partial charge in [-0.1, -0.05) is 0 Å². The molecule has 2 saturated heterocycles. The number of hydrogen-bond donors (Lipinski definition) is 0. The maximum atomic E-state index is 12.4. The first-order valence-corrected chi connectivity index (χ1v) is 8.13. The summed E-state index contributed by atoms with van der Waals surface area (Å²) in [7, 11) is 0. The number of carbonyl (C=O) groups is 2. The van der Waals surface area contributed by atoms with Crippen molar-refractivity contribution < 1.29 is 9.59 Å². The van der Waals surface area contributed by atoms with E-state index in [0.717, 1.165) is 38.0 Å². The Kier molecular flexibility index (Phi) is 4.54. The molecule has 0 N–H and O–H groups in total. The fourth-order valence-corrected chi connectivity index (χ4v) is 3.39. The predicted molar refractivity (Wildman–Crippen MR) is 73.5 cm³/mol. The first-order valence-electron chi connectivity index (χ1n) is 6.74. The summed E-state index contributed by atoms with van der Waals surface area (Å²) >= 11 is 1.79. The second kappa shape index (κ2) is 5.95. The van der Waals surface area contributed by atoms with Crippen molar-refractivity contribution in [2.75, 3.05) is 25.1 Å². The van der Waals surface area contributed by atoms with Crippen LogP contribution in [0.15, 0.2) is 0 Å². The number of piperazine rings is 1. The molecule has 2 atom stereocenters. The van der Waals surface area contributed by atoms with Gasteiger partial charge in [-0.3, -0.25) is 9.59 Å². The van der Waals surface area contributed by atoms with E-state index in [1.807, 2.05) is 0 Å². The van der Waals surface area contributed by atoms with Crippen LogP contribution in [0.4, 0.5) is 0 Å². The van der Waals surface area contributed by atoms with Gasteiger partial charge in [-0.05, 0) is 44.6 Å². The highest BCUT2D eigenvalue weighted by molar-refractivity contribution is 7.98. The molecular weight excluding hydrogens is 248 g/mol. The Hall–Kier alpha value is -0.710. The third kappa shape index (κ3) is 2.66. The third-order valence-electron chi connectivity index (χ3n) is 3.97. The molecule has 2 heterocycles. The van der Waals surface area contributed by atoms with E-state index in [1.165, 1.54) is 0 Å². The van der Waals surface area contributed by atoms with Crippen molar-refractivity contribution in [1.82, 2.24) is 9.80 Å². The molecule has 2 unspecified atom stereocenters. The fourth-order valence-electron chi connectivity index (χ4n) is 2.81. The molecule has 2 aliphatic rings. The molecule has 2 aliphatic heterocycles. The van der Waals surface area contributed by atoms with Gasteiger partial charge in [-0.2, -0.15) is 11.8 Å². The molecule has 0 saturated carbocycles. The summed E-state index contributed by atoms with van der Waals surface area (Å²) in [6.07, 6.45) is 5.98. The minimum Gasteiger partial charge on any atom is -0.329 e. The summed E-state index contributed by atoms with van der Waals surface area (Å²) in [5, 5.41) is 0. The molecule has 102 valence electrons. The van der Waals surface area contributed by atoms with E-state index in [2.05, 4.69) is 13.2 Å². The van der Waals surface area contributed by atoms with Gasteiger partial charge in [0.2, 0.25) is 11.8 Å². The van der Waals surface area contributed by atoms with E-state index in [4.69, 9.17) is 0 Å². The second-order valence-corrected chi connectivity index (χ2v) is 6.18. The molecule has 0 aromatic heterocycles. The number of piperidine rings is 1. The SMILES string of the molecule is CSCCC(C)N1CC(=O)N2CCCCC2C1=O. The van der Waals surface area contributed by atoms with Crippen molar-refractivity contribution in [3.05, 3.63) is 0 Å². The van der Waals surface area contributed by atoms with Gasteiger partial charge >= 0.3 is 0 Å². The van der Waals surface area contributed by atoms with Crippen LogP contribution in [0.1, 0.15) is 32.6 Å². The number of carbonyl (C=O) groups excluding carboxylic acids is 2. The van der Waals surface area contributed by atoms with Crippen LogP contribution >= 0.6 is 11.8 Å². The van der Waals surface area contributed by atoms with Crippen molar-refractivity contribution in [1.29, 1.82) is 0 Å². The van der Waals surface area contributed by atoms with Gasteiger partial charge in [-0.15, -0.1) is 0 Å². The van der Waals surface area contributed by atoms with Crippen LogP contribution in [-0.2, 0) is 9.59 Å². The summed E-state index contributed by atoms with van der Waals surface area (Å²) in [6, 6.07) is 0.00899. The lowest BCUT2D eigenvalue weighted by Crippen LogP contribution is -2.62. The Bertz CT molecular complexity index is 335. The topological polar surface area (TPSA) is 40.6 Å². The van der Waals surface area contributed by atoms with Gasteiger partial charge in [0.15, 0.2) is 0 Å². The Morgan fingerprint density at radius 3 is 2.89 bits per heavy atom. The van der Waals surface area contributed by atoms with Crippen molar-refractivity contribution in [2.24, 2.45) is 0 Å². The zero-order valence-electron chi connectivity index (χ0n) is 11.2. The van der Waals surface area contributed by atoms with Crippen LogP contribution in [0.25, 0.3) is 0 Å². The van der Waals surface area contributed by atoms with Gasteiger partial charge < -0.3 is 9.80 Å². The average molecular weight is 270 g/mol. The van der Waals surface area contributed by atoms with Gasteiger partial charge in [0.25, 0.3) is 0 Å². The molecule has 0 radical (unpaired) electrons. The lowest BCUT2D eigenvalue weighted by Gasteiger charge is -2.44. The molecule has 0 spiro atoms. The first kappa shape index (κ1) is 13.7. The molecule has 0 bridgehead atoms. The third-order valence-corrected chi connectivity index (χ3v) is 4.61. The Labute approximate surface area is 113 Å². The molecule has 2 fully saturated rings. The van der Waals surface area contributed by atoms with E-state index in [0.29, 0.717) is 0 Å². The van der Waals surface area contributed by atoms with Crippen molar-refractivity contribution in [3.63, 3.8) is 0 Å². The molecule has 2 rings (SSSR count). The molecule has 5 heteroatoms. The van der Waals surface area contributed by atoms with Crippen LogP contribution < -0.4 is 0 Å². The lowest BCUT2D eigenvalue weighted by molar-refractivity contribution is -0.159. The van der Waals surface area contributed by atoms with E-state index >= 15 is 0 Å². The Balaban J connectivity index is 2.04. The van der Waals surface area contributed by atoms with E-state index in [9.17, 15) is 9.59 Å². The number of thioether (sulfide) groups is 1. The molecule has 18 heavy (non-hydrogen) atoms. The molecule has 0 aromatic carbocycles. The molecular formula is C13H22N2O2S. The largest absolute Gasteiger partial charge is 0.329 e. The van der Waals surface area contributed by atoms with Gasteiger partial charge in [0.1, 0.15) is 12.6 Å². The van der Waals surface area contributed by atoms with Gasteiger partial charge in [0, 0.05) is 12.6 Å². The second-order valence-electron chi connectivity index (χ2n) is 5.20. The summed E-state index contributed by atoms with van der Waals surface area (Å²) in [6.45, 7) is 3.10. The number of nitrogens with zero attached hydrogens (tertiary/aromatic N) is 2. The first-order chi connectivity index (χ1) is 8.65. The normalized spacial score (nSPS) is 26.2. The number of hydrogen-bond acceptors (Lipinski definition) is 3. The van der Waals surface area contributed by atoms with Crippen molar-refractivity contribution >= 4 is 23.6 Å². The van der Waals surface area contributed by atoms with Gasteiger partial charge in [-0.25, -0.2) is 0 Å². The van der Waals surface area contributed by atoms with E-state index < -0.39 is 0 Å². The lowest BCUT2D eigenvalue weighted by atomic mass is 9.97. The highest BCUT2D eigenvalue weighted by atomic mass is 32.2. The van der Waals surface area contributed by atoms with Crippen LogP contribution in [0, 0.1) is 0 Å². The molecule has 4 nitrogen and oxygen atoms in total. The Morgan fingerprint density at radius 2 is 2.17 bits per heavy atom. The quantitative estimate of drug-likeness (QED) is 0.774. The van der Waals surface area contributed by atoms with Crippen LogP contribution in [0.3, 0.4) is 0 Å². The monoisotopic (exact) mass is 270 g/mol. The average Bonchev–Trinajstić information content (AvgIpc) is 2.40.